The Labute approximate surface area is 134 Å². The van der Waals surface area contributed by atoms with Crippen molar-refractivity contribution in [3.8, 4) is 0 Å². The Balaban J connectivity index is 2.31. The van der Waals surface area contributed by atoms with Crippen molar-refractivity contribution in [1.82, 2.24) is 16.0 Å². The number of nitrogens with two attached hydrogens (primary N) is 2. The highest BCUT2D eigenvalue weighted by Crippen LogP contribution is 2.04. The molecule has 0 spiro atoms. The number of rotatable bonds is 9. The summed E-state index contributed by atoms with van der Waals surface area (Å²) in [5, 5.41) is 17.0. The van der Waals surface area contributed by atoms with Crippen LogP contribution in [-0.4, -0.2) is 60.6 Å². The van der Waals surface area contributed by atoms with Crippen LogP contribution in [0.15, 0.2) is 4.99 Å². The van der Waals surface area contributed by atoms with Crippen LogP contribution in [0, 0.1) is 0 Å². The lowest BCUT2D eigenvalue weighted by molar-refractivity contribution is -0.141. The maximum atomic E-state index is 11.7. The lowest BCUT2D eigenvalue weighted by Crippen LogP contribution is -2.48. The fourth-order valence-electron chi connectivity index (χ4n) is 2.21. The summed E-state index contributed by atoms with van der Waals surface area (Å²) in [5.74, 6) is -2.01. The van der Waals surface area contributed by atoms with Crippen LogP contribution in [0.5, 0.6) is 0 Å². The van der Waals surface area contributed by atoms with Gasteiger partial charge in [-0.1, -0.05) is 0 Å². The molecule has 130 valence electrons. The molecule has 0 aliphatic carbocycles. The number of carboxylic acid groups (broad SMARTS) is 1. The van der Waals surface area contributed by atoms with Crippen LogP contribution in [0.1, 0.15) is 25.7 Å². The van der Waals surface area contributed by atoms with Crippen LogP contribution in [0.2, 0.25) is 0 Å². The van der Waals surface area contributed by atoms with Gasteiger partial charge in [-0.05, 0) is 32.2 Å². The molecule has 10 heteroatoms. The van der Waals surface area contributed by atoms with Crippen LogP contribution in [0.25, 0.3) is 0 Å². The standard InChI is InChI=1S/C13H24N6O4/c14-13(15)17-6-2-4-9(12(22)23)19-10(20)7-18-11(21)8-3-1-5-16-8/h8-9,16H,1-7H2,(H,18,21)(H,19,20)(H,22,23)(H4,14,15,17). The summed E-state index contributed by atoms with van der Waals surface area (Å²) in [6.07, 6.45) is 2.25. The molecule has 0 bridgehead atoms. The first-order valence-electron chi connectivity index (χ1n) is 7.49. The highest BCUT2D eigenvalue weighted by atomic mass is 16.4. The minimum Gasteiger partial charge on any atom is -0.480 e. The second-order valence-corrected chi connectivity index (χ2v) is 5.27. The smallest absolute Gasteiger partial charge is 0.326 e. The zero-order valence-electron chi connectivity index (χ0n) is 12.9. The number of hydrogen-bond acceptors (Lipinski definition) is 5. The highest BCUT2D eigenvalue weighted by molar-refractivity contribution is 5.89. The van der Waals surface area contributed by atoms with Gasteiger partial charge in [-0.15, -0.1) is 0 Å². The maximum Gasteiger partial charge on any atom is 0.326 e. The van der Waals surface area contributed by atoms with E-state index in [4.69, 9.17) is 16.6 Å². The summed E-state index contributed by atoms with van der Waals surface area (Å²) in [7, 11) is 0. The van der Waals surface area contributed by atoms with E-state index in [1.165, 1.54) is 0 Å². The molecular weight excluding hydrogens is 304 g/mol. The van der Waals surface area contributed by atoms with E-state index >= 15 is 0 Å². The zero-order chi connectivity index (χ0) is 17.2. The molecule has 8 N–H and O–H groups in total. The molecule has 0 saturated carbocycles. The van der Waals surface area contributed by atoms with E-state index in [1.54, 1.807) is 0 Å². The molecule has 2 atom stereocenters. The third-order valence-corrected chi connectivity index (χ3v) is 3.38. The molecule has 0 aromatic heterocycles. The van der Waals surface area contributed by atoms with E-state index in [9.17, 15) is 14.4 Å². The summed E-state index contributed by atoms with van der Waals surface area (Å²) in [6.45, 7) is 0.807. The van der Waals surface area contributed by atoms with Crippen molar-refractivity contribution in [2.75, 3.05) is 19.6 Å². The topological polar surface area (TPSA) is 172 Å². The molecule has 1 saturated heterocycles. The first kappa shape index (κ1) is 18.7. The van der Waals surface area contributed by atoms with Crippen molar-refractivity contribution in [2.24, 2.45) is 16.5 Å². The number of carbonyl (C=O) groups is 3. The number of amides is 2. The van der Waals surface area contributed by atoms with Gasteiger partial charge in [0.25, 0.3) is 0 Å². The van der Waals surface area contributed by atoms with Gasteiger partial charge in [0, 0.05) is 6.54 Å². The number of nitrogens with one attached hydrogen (secondary N) is 3. The van der Waals surface area contributed by atoms with E-state index < -0.39 is 17.9 Å². The van der Waals surface area contributed by atoms with Gasteiger partial charge in [-0.2, -0.15) is 0 Å². The Hall–Kier alpha value is -2.36. The van der Waals surface area contributed by atoms with Crippen LogP contribution >= 0.6 is 0 Å². The third-order valence-electron chi connectivity index (χ3n) is 3.38. The summed E-state index contributed by atoms with van der Waals surface area (Å²) in [5.41, 5.74) is 10.3. The molecule has 0 aromatic carbocycles. The fourth-order valence-corrected chi connectivity index (χ4v) is 2.21. The predicted octanol–water partition coefficient (Wildman–Crippen LogP) is -2.52. The van der Waals surface area contributed by atoms with Gasteiger partial charge < -0.3 is 32.5 Å². The SMILES string of the molecule is NC(N)=NCCCC(NC(=O)CNC(=O)C1CCCN1)C(=O)O. The largest absolute Gasteiger partial charge is 0.480 e. The number of aliphatic imine (C=N–C) groups is 1. The minimum absolute atomic E-state index is 0.0656. The van der Waals surface area contributed by atoms with E-state index in [2.05, 4.69) is 20.9 Å². The number of guanidine groups is 1. The maximum absolute atomic E-state index is 11.7. The van der Waals surface area contributed by atoms with E-state index in [0.29, 0.717) is 6.42 Å². The number of nitrogens with zero attached hydrogens (tertiary/aromatic N) is 1. The monoisotopic (exact) mass is 328 g/mol. The summed E-state index contributed by atoms with van der Waals surface area (Å²) in [4.78, 5) is 38.3. The van der Waals surface area contributed by atoms with Gasteiger partial charge >= 0.3 is 5.97 Å². The zero-order valence-corrected chi connectivity index (χ0v) is 12.9. The molecule has 0 aromatic rings. The average molecular weight is 328 g/mol. The van der Waals surface area contributed by atoms with E-state index in [-0.39, 0.29) is 37.4 Å². The molecule has 1 fully saturated rings. The summed E-state index contributed by atoms with van der Waals surface area (Å²) < 4.78 is 0. The van der Waals surface area contributed by atoms with Crippen molar-refractivity contribution in [1.29, 1.82) is 0 Å². The molecule has 1 aliphatic heterocycles. The average Bonchev–Trinajstić information content (AvgIpc) is 3.01. The van der Waals surface area contributed by atoms with Crippen LogP contribution in [0.4, 0.5) is 0 Å². The number of carbonyl (C=O) groups excluding carboxylic acids is 2. The van der Waals surface area contributed by atoms with Gasteiger partial charge in [0.15, 0.2) is 5.96 Å². The Bertz CT molecular complexity index is 457. The summed E-state index contributed by atoms with van der Waals surface area (Å²) in [6, 6.07) is -1.32. The van der Waals surface area contributed by atoms with Crippen molar-refractivity contribution < 1.29 is 19.5 Å². The first-order chi connectivity index (χ1) is 10.9. The molecule has 0 radical (unpaired) electrons. The van der Waals surface area contributed by atoms with E-state index in [1.807, 2.05) is 0 Å². The molecule has 1 aliphatic rings. The van der Waals surface area contributed by atoms with Gasteiger partial charge in [0.2, 0.25) is 11.8 Å². The third kappa shape index (κ3) is 7.45. The van der Waals surface area contributed by atoms with Crippen molar-refractivity contribution >= 4 is 23.7 Å². The Morgan fingerprint density at radius 1 is 1.35 bits per heavy atom. The molecule has 1 rings (SSSR count). The molecular formula is C13H24N6O4. The van der Waals surface area contributed by atoms with Gasteiger partial charge in [-0.25, -0.2) is 4.79 Å². The van der Waals surface area contributed by atoms with Crippen LogP contribution < -0.4 is 27.4 Å². The number of carboxylic acids is 1. The summed E-state index contributed by atoms with van der Waals surface area (Å²) >= 11 is 0. The van der Waals surface area contributed by atoms with Gasteiger partial charge in [-0.3, -0.25) is 14.6 Å². The lowest BCUT2D eigenvalue weighted by atomic mass is 10.1. The Morgan fingerprint density at radius 3 is 2.65 bits per heavy atom. The fraction of sp³-hybridized carbons (Fsp3) is 0.692. The molecule has 23 heavy (non-hydrogen) atoms. The number of hydrogen-bond donors (Lipinski definition) is 6. The van der Waals surface area contributed by atoms with Gasteiger partial charge in [0.05, 0.1) is 12.6 Å². The van der Waals surface area contributed by atoms with Crippen LogP contribution in [0.3, 0.4) is 0 Å². The Morgan fingerprint density at radius 2 is 2.09 bits per heavy atom. The van der Waals surface area contributed by atoms with Crippen molar-refractivity contribution in [3.05, 3.63) is 0 Å². The molecule has 10 nitrogen and oxygen atoms in total. The van der Waals surface area contributed by atoms with Crippen molar-refractivity contribution in [3.63, 3.8) is 0 Å². The van der Waals surface area contributed by atoms with Crippen molar-refractivity contribution in [2.45, 2.75) is 37.8 Å². The normalized spacial score (nSPS) is 18.0. The molecule has 2 amide bonds. The minimum atomic E-state index is -1.15. The quantitative estimate of drug-likeness (QED) is 0.154. The number of aliphatic carboxylic acids is 1. The van der Waals surface area contributed by atoms with Crippen LogP contribution in [-0.2, 0) is 14.4 Å². The van der Waals surface area contributed by atoms with E-state index in [0.717, 1.165) is 19.4 Å². The lowest BCUT2D eigenvalue weighted by Gasteiger charge is -2.15. The second-order valence-electron chi connectivity index (χ2n) is 5.27. The van der Waals surface area contributed by atoms with Gasteiger partial charge in [0.1, 0.15) is 6.04 Å². The highest BCUT2D eigenvalue weighted by Gasteiger charge is 2.23. The molecule has 2 unspecified atom stereocenters. The predicted molar refractivity (Wildman–Crippen MR) is 83.5 cm³/mol. The Kier molecular flexibility index (Phi) is 7.81. The molecule has 1 heterocycles. The second kappa shape index (κ2) is 9.62. The first-order valence-corrected chi connectivity index (χ1v) is 7.49.